The lowest BCUT2D eigenvalue weighted by Crippen LogP contribution is -2.54. The first-order chi connectivity index (χ1) is 13.1. The van der Waals surface area contributed by atoms with Gasteiger partial charge in [0.1, 0.15) is 5.75 Å². The number of hydrogen-bond donors (Lipinski definition) is 1. The fraction of sp³-hybridized carbons (Fsp3) is 0.600. The van der Waals surface area contributed by atoms with Gasteiger partial charge >= 0.3 is 6.03 Å². The molecule has 27 heavy (non-hydrogen) atoms. The summed E-state index contributed by atoms with van der Waals surface area (Å²) in [5.74, 6) is 0.653. The molecule has 7 nitrogen and oxygen atoms in total. The van der Waals surface area contributed by atoms with E-state index in [0.717, 1.165) is 13.0 Å². The van der Waals surface area contributed by atoms with Crippen LogP contribution in [0.1, 0.15) is 19.3 Å². The van der Waals surface area contributed by atoms with E-state index in [1.165, 1.54) is 12.8 Å². The van der Waals surface area contributed by atoms with E-state index < -0.39 is 0 Å². The molecule has 1 unspecified atom stereocenters. The highest BCUT2D eigenvalue weighted by Gasteiger charge is 2.25. The van der Waals surface area contributed by atoms with Gasteiger partial charge in [-0.2, -0.15) is 0 Å². The average Bonchev–Trinajstić information content (AvgIpc) is 3.12. The average molecular weight is 374 g/mol. The van der Waals surface area contributed by atoms with E-state index in [0.29, 0.717) is 44.5 Å². The molecule has 0 aromatic heterocycles. The second-order valence-corrected chi connectivity index (χ2v) is 7.27. The zero-order chi connectivity index (χ0) is 19.1. The summed E-state index contributed by atoms with van der Waals surface area (Å²) in [4.78, 5) is 30.5. The number of hydrogen-bond acceptors (Lipinski definition) is 4. The number of carbonyl (C=O) groups is 2. The predicted octanol–water partition coefficient (Wildman–Crippen LogP) is 1.40. The minimum Gasteiger partial charge on any atom is -0.484 e. The van der Waals surface area contributed by atoms with E-state index >= 15 is 0 Å². The zero-order valence-electron chi connectivity index (χ0n) is 16.1. The van der Waals surface area contributed by atoms with Crippen molar-refractivity contribution in [1.82, 2.24) is 20.0 Å². The quantitative estimate of drug-likeness (QED) is 0.818. The first kappa shape index (κ1) is 19.5. The van der Waals surface area contributed by atoms with Gasteiger partial charge in [0.15, 0.2) is 6.61 Å². The van der Waals surface area contributed by atoms with E-state index in [2.05, 4.69) is 17.3 Å². The Morgan fingerprint density at radius 2 is 1.78 bits per heavy atom. The summed E-state index contributed by atoms with van der Waals surface area (Å²) >= 11 is 0. The van der Waals surface area contributed by atoms with Crippen LogP contribution in [0.4, 0.5) is 4.79 Å². The Morgan fingerprint density at radius 3 is 2.44 bits per heavy atom. The van der Waals surface area contributed by atoms with Gasteiger partial charge in [0.05, 0.1) is 0 Å². The number of piperazine rings is 1. The fourth-order valence-corrected chi connectivity index (χ4v) is 3.71. The molecular weight excluding hydrogens is 344 g/mol. The van der Waals surface area contributed by atoms with Gasteiger partial charge in [-0.1, -0.05) is 18.2 Å². The first-order valence-corrected chi connectivity index (χ1v) is 9.82. The second kappa shape index (κ2) is 9.60. The summed E-state index contributed by atoms with van der Waals surface area (Å²) in [5.41, 5.74) is 0. The van der Waals surface area contributed by atoms with Gasteiger partial charge in [-0.05, 0) is 45.0 Å². The number of para-hydroxylation sites is 1. The summed E-state index contributed by atoms with van der Waals surface area (Å²) in [5, 5.41) is 3.02. The van der Waals surface area contributed by atoms with Gasteiger partial charge in [-0.15, -0.1) is 0 Å². The SMILES string of the molecule is CN1CCCC1CCNC(=O)N1CCN(C(=O)COc2ccccc2)CC1. The van der Waals surface area contributed by atoms with E-state index in [1.54, 1.807) is 9.80 Å². The van der Waals surface area contributed by atoms with Crippen molar-refractivity contribution < 1.29 is 14.3 Å². The summed E-state index contributed by atoms with van der Waals surface area (Å²) in [6.45, 7) is 4.12. The highest BCUT2D eigenvalue weighted by Crippen LogP contribution is 2.17. The number of amides is 3. The van der Waals surface area contributed by atoms with Crippen LogP contribution in [-0.4, -0.2) is 85.6 Å². The van der Waals surface area contributed by atoms with Crippen molar-refractivity contribution in [2.45, 2.75) is 25.3 Å². The smallest absolute Gasteiger partial charge is 0.317 e. The van der Waals surface area contributed by atoms with Crippen LogP contribution in [0.15, 0.2) is 30.3 Å². The Morgan fingerprint density at radius 1 is 1.07 bits per heavy atom. The molecule has 3 amide bonds. The molecule has 1 aromatic rings. The third kappa shape index (κ3) is 5.60. The summed E-state index contributed by atoms with van der Waals surface area (Å²) in [6, 6.07) is 9.89. The zero-order valence-corrected chi connectivity index (χ0v) is 16.1. The molecule has 0 aliphatic carbocycles. The number of likely N-dealkylation sites (tertiary alicyclic amines) is 1. The molecular formula is C20H30N4O3. The number of benzene rings is 1. The number of urea groups is 1. The number of rotatable bonds is 6. The molecule has 148 valence electrons. The molecule has 2 aliphatic heterocycles. The van der Waals surface area contributed by atoms with Gasteiger partial charge in [0, 0.05) is 38.8 Å². The molecule has 0 radical (unpaired) electrons. The molecule has 0 spiro atoms. The summed E-state index contributed by atoms with van der Waals surface area (Å²) < 4.78 is 5.52. The number of carbonyl (C=O) groups excluding carboxylic acids is 2. The molecule has 2 heterocycles. The Kier molecular flexibility index (Phi) is 6.92. The monoisotopic (exact) mass is 374 g/mol. The largest absolute Gasteiger partial charge is 0.484 e. The van der Waals surface area contributed by atoms with Crippen LogP contribution in [0.3, 0.4) is 0 Å². The summed E-state index contributed by atoms with van der Waals surface area (Å²) in [7, 11) is 2.15. The van der Waals surface area contributed by atoms with Gasteiger partial charge in [0.2, 0.25) is 0 Å². The molecule has 3 rings (SSSR count). The van der Waals surface area contributed by atoms with Gasteiger partial charge < -0.3 is 24.8 Å². The van der Waals surface area contributed by atoms with Crippen LogP contribution in [0.5, 0.6) is 5.75 Å². The maximum atomic E-state index is 12.3. The van der Waals surface area contributed by atoms with E-state index in [-0.39, 0.29) is 18.5 Å². The van der Waals surface area contributed by atoms with E-state index in [4.69, 9.17) is 4.74 Å². The predicted molar refractivity (Wildman–Crippen MR) is 104 cm³/mol. The lowest BCUT2D eigenvalue weighted by molar-refractivity contribution is -0.134. The van der Waals surface area contributed by atoms with Crippen LogP contribution in [-0.2, 0) is 4.79 Å². The molecule has 0 bridgehead atoms. The molecule has 1 atom stereocenters. The van der Waals surface area contributed by atoms with Crippen molar-refractivity contribution in [3.05, 3.63) is 30.3 Å². The third-order valence-corrected chi connectivity index (χ3v) is 5.45. The molecule has 2 saturated heterocycles. The van der Waals surface area contributed by atoms with Crippen molar-refractivity contribution in [2.24, 2.45) is 0 Å². The fourth-order valence-electron chi connectivity index (χ4n) is 3.71. The molecule has 1 aromatic carbocycles. The van der Waals surface area contributed by atoms with Crippen LogP contribution >= 0.6 is 0 Å². The number of ether oxygens (including phenoxy) is 1. The number of nitrogens with zero attached hydrogens (tertiary/aromatic N) is 3. The van der Waals surface area contributed by atoms with Crippen molar-refractivity contribution in [2.75, 3.05) is 52.9 Å². The Bertz CT molecular complexity index is 617. The van der Waals surface area contributed by atoms with Crippen LogP contribution in [0, 0.1) is 0 Å². The van der Waals surface area contributed by atoms with Gasteiger partial charge in [-0.3, -0.25) is 4.79 Å². The Hall–Kier alpha value is -2.28. The van der Waals surface area contributed by atoms with Crippen LogP contribution < -0.4 is 10.1 Å². The van der Waals surface area contributed by atoms with Gasteiger partial charge in [0.25, 0.3) is 5.91 Å². The van der Waals surface area contributed by atoms with E-state index in [9.17, 15) is 9.59 Å². The minimum absolute atomic E-state index is 0.0247. The highest BCUT2D eigenvalue weighted by atomic mass is 16.5. The van der Waals surface area contributed by atoms with Gasteiger partial charge in [-0.25, -0.2) is 4.79 Å². The van der Waals surface area contributed by atoms with Crippen molar-refractivity contribution in [3.8, 4) is 5.75 Å². The maximum Gasteiger partial charge on any atom is 0.317 e. The lowest BCUT2D eigenvalue weighted by Gasteiger charge is -2.34. The minimum atomic E-state index is -0.0387. The molecule has 2 fully saturated rings. The normalized spacial score (nSPS) is 20.6. The topological polar surface area (TPSA) is 65.1 Å². The van der Waals surface area contributed by atoms with Crippen molar-refractivity contribution >= 4 is 11.9 Å². The molecule has 7 heteroatoms. The van der Waals surface area contributed by atoms with Crippen molar-refractivity contribution in [1.29, 1.82) is 0 Å². The molecule has 1 N–H and O–H groups in total. The Labute approximate surface area is 161 Å². The maximum absolute atomic E-state index is 12.3. The molecule has 0 saturated carbocycles. The first-order valence-electron chi connectivity index (χ1n) is 9.82. The third-order valence-electron chi connectivity index (χ3n) is 5.45. The lowest BCUT2D eigenvalue weighted by atomic mass is 10.1. The van der Waals surface area contributed by atoms with E-state index in [1.807, 2.05) is 30.3 Å². The number of nitrogens with one attached hydrogen (secondary N) is 1. The highest BCUT2D eigenvalue weighted by molar-refractivity contribution is 5.79. The van der Waals surface area contributed by atoms with Crippen LogP contribution in [0.25, 0.3) is 0 Å². The second-order valence-electron chi connectivity index (χ2n) is 7.27. The molecule has 2 aliphatic rings. The Balaban J connectivity index is 1.33. The van der Waals surface area contributed by atoms with Crippen molar-refractivity contribution in [3.63, 3.8) is 0 Å². The van der Waals surface area contributed by atoms with Crippen LogP contribution in [0.2, 0.25) is 0 Å². The standard InChI is InChI=1S/C20H30N4O3/c1-22-11-5-6-17(22)9-10-21-20(26)24-14-12-23(13-15-24)19(25)16-27-18-7-3-2-4-8-18/h2-4,7-8,17H,5-6,9-16H2,1H3,(H,21,26). The summed E-state index contributed by atoms with van der Waals surface area (Å²) in [6.07, 6.45) is 3.47.